The normalized spacial score (nSPS) is 18.9. The molecule has 1 aromatic rings. The van der Waals surface area contributed by atoms with E-state index >= 15 is 0 Å². The number of urea groups is 1. The number of likely N-dealkylation sites (tertiary alicyclic amines) is 1. The van der Waals surface area contributed by atoms with E-state index < -0.39 is 6.36 Å². The van der Waals surface area contributed by atoms with Gasteiger partial charge < -0.3 is 20.3 Å². The van der Waals surface area contributed by atoms with E-state index in [-0.39, 0.29) is 11.8 Å². The number of ether oxygens (including phenoxy) is 1. The molecule has 0 atom stereocenters. The summed E-state index contributed by atoms with van der Waals surface area (Å²) >= 11 is 0. The molecule has 1 aromatic carbocycles. The lowest BCUT2D eigenvalue weighted by atomic mass is 10.1. The van der Waals surface area contributed by atoms with Crippen molar-refractivity contribution in [3.63, 3.8) is 0 Å². The molecule has 2 amide bonds. The summed E-state index contributed by atoms with van der Waals surface area (Å²) in [6.45, 7) is 2.41. The average molecular weight is 357 g/mol. The van der Waals surface area contributed by atoms with Crippen molar-refractivity contribution >= 4 is 11.7 Å². The van der Waals surface area contributed by atoms with Gasteiger partial charge in [-0.15, -0.1) is 13.2 Å². The SMILES string of the molecule is O=C(Nc1ccc(OC(F)(F)F)cc1)N1CCC(NCC2CC2)CC1. The number of hydrogen-bond donors (Lipinski definition) is 2. The first-order valence-corrected chi connectivity index (χ1v) is 8.54. The Bertz CT molecular complexity index is 580. The van der Waals surface area contributed by atoms with E-state index in [1.54, 1.807) is 4.90 Å². The predicted molar refractivity (Wildman–Crippen MR) is 87.5 cm³/mol. The van der Waals surface area contributed by atoms with Crippen molar-refractivity contribution < 1.29 is 22.7 Å². The van der Waals surface area contributed by atoms with Gasteiger partial charge in [-0.1, -0.05) is 0 Å². The van der Waals surface area contributed by atoms with Crippen LogP contribution in [0.2, 0.25) is 0 Å². The molecule has 2 N–H and O–H groups in total. The van der Waals surface area contributed by atoms with Crippen LogP contribution in [0.5, 0.6) is 5.75 Å². The van der Waals surface area contributed by atoms with Gasteiger partial charge in [0.2, 0.25) is 0 Å². The zero-order chi connectivity index (χ0) is 17.9. The highest BCUT2D eigenvalue weighted by Gasteiger charge is 2.31. The van der Waals surface area contributed by atoms with Gasteiger partial charge >= 0.3 is 12.4 Å². The zero-order valence-electron chi connectivity index (χ0n) is 13.8. The van der Waals surface area contributed by atoms with Crippen molar-refractivity contribution in [2.24, 2.45) is 5.92 Å². The fourth-order valence-corrected chi connectivity index (χ4v) is 2.88. The first-order valence-electron chi connectivity index (χ1n) is 8.54. The van der Waals surface area contributed by atoms with E-state index in [1.165, 1.54) is 37.1 Å². The molecule has 1 aliphatic carbocycles. The molecule has 0 bridgehead atoms. The summed E-state index contributed by atoms with van der Waals surface area (Å²) in [5.41, 5.74) is 0.438. The lowest BCUT2D eigenvalue weighted by Crippen LogP contribution is -2.46. The highest BCUT2D eigenvalue weighted by molar-refractivity contribution is 5.89. The van der Waals surface area contributed by atoms with Crippen LogP contribution in [0.4, 0.5) is 23.7 Å². The first-order chi connectivity index (χ1) is 11.9. The van der Waals surface area contributed by atoms with Gasteiger partial charge in [-0.25, -0.2) is 4.79 Å². The van der Waals surface area contributed by atoms with Crippen molar-refractivity contribution in [1.82, 2.24) is 10.2 Å². The van der Waals surface area contributed by atoms with Crippen LogP contribution in [-0.4, -0.2) is 43.0 Å². The van der Waals surface area contributed by atoms with Crippen LogP contribution in [0, 0.1) is 5.92 Å². The van der Waals surface area contributed by atoms with Gasteiger partial charge in [0.05, 0.1) is 0 Å². The van der Waals surface area contributed by atoms with E-state index in [1.807, 2.05) is 0 Å². The van der Waals surface area contributed by atoms with Gasteiger partial charge in [-0.3, -0.25) is 0 Å². The summed E-state index contributed by atoms with van der Waals surface area (Å²) in [5.74, 6) is 0.527. The number of benzene rings is 1. The highest BCUT2D eigenvalue weighted by Crippen LogP contribution is 2.28. The van der Waals surface area contributed by atoms with Crippen LogP contribution < -0.4 is 15.4 Å². The topological polar surface area (TPSA) is 53.6 Å². The Morgan fingerprint density at radius 1 is 1.12 bits per heavy atom. The van der Waals surface area contributed by atoms with Gasteiger partial charge in [-0.05, 0) is 62.4 Å². The molecule has 3 rings (SSSR count). The second-order valence-electron chi connectivity index (χ2n) is 6.62. The molecule has 0 aromatic heterocycles. The van der Waals surface area contributed by atoms with Crippen molar-refractivity contribution in [3.8, 4) is 5.75 Å². The molecule has 25 heavy (non-hydrogen) atoms. The first kappa shape index (κ1) is 17.8. The fourth-order valence-electron chi connectivity index (χ4n) is 2.88. The summed E-state index contributed by atoms with van der Waals surface area (Å²) in [4.78, 5) is 14.0. The van der Waals surface area contributed by atoms with Crippen LogP contribution in [-0.2, 0) is 0 Å². The Morgan fingerprint density at radius 3 is 2.32 bits per heavy atom. The molecule has 1 aliphatic heterocycles. The van der Waals surface area contributed by atoms with E-state index in [9.17, 15) is 18.0 Å². The Labute approximate surface area is 144 Å². The summed E-state index contributed by atoms with van der Waals surface area (Å²) in [5, 5.41) is 6.26. The lowest BCUT2D eigenvalue weighted by molar-refractivity contribution is -0.274. The number of nitrogens with zero attached hydrogens (tertiary/aromatic N) is 1. The molecule has 1 heterocycles. The van der Waals surface area contributed by atoms with Crippen molar-refractivity contribution in [2.45, 2.75) is 38.1 Å². The maximum Gasteiger partial charge on any atom is 0.573 e. The minimum atomic E-state index is -4.72. The number of halogens is 3. The number of carbonyl (C=O) groups is 1. The van der Waals surface area contributed by atoms with Gasteiger partial charge in [-0.2, -0.15) is 0 Å². The number of hydrogen-bond acceptors (Lipinski definition) is 3. The third-order valence-corrected chi connectivity index (χ3v) is 4.51. The zero-order valence-corrected chi connectivity index (χ0v) is 13.8. The van der Waals surface area contributed by atoms with Crippen LogP contribution in [0.25, 0.3) is 0 Å². The number of nitrogens with one attached hydrogen (secondary N) is 2. The third-order valence-electron chi connectivity index (χ3n) is 4.51. The van der Waals surface area contributed by atoms with E-state index in [4.69, 9.17) is 0 Å². The van der Waals surface area contributed by atoms with Crippen LogP contribution in [0.3, 0.4) is 0 Å². The predicted octanol–water partition coefficient (Wildman–Crippen LogP) is 3.58. The fraction of sp³-hybridized carbons (Fsp3) is 0.588. The molecule has 138 valence electrons. The minimum absolute atomic E-state index is 0.231. The molecular formula is C17H22F3N3O2. The molecule has 1 saturated heterocycles. The maximum atomic E-state index is 12.2. The van der Waals surface area contributed by atoms with E-state index in [0.717, 1.165) is 25.3 Å². The van der Waals surface area contributed by atoms with Crippen LogP contribution in [0.1, 0.15) is 25.7 Å². The Morgan fingerprint density at radius 2 is 1.76 bits per heavy atom. The van der Waals surface area contributed by atoms with Gasteiger partial charge in [0.25, 0.3) is 0 Å². The molecule has 8 heteroatoms. The number of amides is 2. The number of anilines is 1. The number of alkyl halides is 3. The maximum absolute atomic E-state index is 12.2. The molecule has 0 unspecified atom stereocenters. The Balaban J connectivity index is 1.42. The second kappa shape index (κ2) is 7.51. The van der Waals surface area contributed by atoms with Crippen LogP contribution in [0.15, 0.2) is 24.3 Å². The van der Waals surface area contributed by atoms with Gasteiger partial charge in [0.1, 0.15) is 5.75 Å². The number of piperidine rings is 1. The van der Waals surface area contributed by atoms with Crippen molar-refractivity contribution in [3.05, 3.63) is 24.3 Å². The third kappa shape index (κ3) is 5.81. The molecule has 0 spiro atoms. The van der Waals surface area contributed by atoms with E-state index in [2.05, 4.69) is 15.4 Å². The van der Waals surface area contributed by atoms with Crippen LogP contribution >= 0.6 is 0 Å². The summed E-state index contributed by atoms with van der Waals surface area (Å²) in [7, 11) is 0. The summed E-state index contributed by atoms with van der Waals surface area (Å²) < 4.78 is 40.2. The smallest absolute Gasteiger partial charge is 0.406 e. The minimum Gasteiger partial charge on any atom is -0.406 e. The quantitative estimate of drug-likeness (QED) is 0.847. The molecule has 0 radical (unpaired) electrons. The standard InChI is InChI=1S/C17H22F3N3O2/c18-17(19,20)25-15-5-3-14(4-6-15)22-16(24)23-9-7-13(8-10-23)21-11-12-1-2-12/h3-6,12-13,21H,1-2,7-11H2,(H,22,24). The summed E-state index contributed by atoms with van der Waals surface area (Å²) in [6, 6.07) is 5.37. The molecule has 2 aliphatic rings. The van der Waals surface area contributed by atoms with Crippen molar-refractivity contribution in [2.75, 3.05) is 25.0 Å². The van der Waals surface area contributed by atoms with E-state index in [0.29, 0.717) is 24.8 Å². The lowest BCUT2D eigenvalue weighted by Gasteiger charge is -2.32. The molecule has 2 fully saturated rings. The Kier molecular flexibility index (Phi) is 5.36. The Hall–Kier alpha value is -1.96. The molecule has 5 nitrogen and oxygen atoms in total. The van der Waals surface area contributed by atoms with Gasteiger partial charge in [0, 0.05) is 24.8 Å². The number of carbonyl (C=O) groups excluding carboxylic acids is 1. The van der Waals surface area contributed by atoms with Gasteiger partial charge in [0.15, 0.2) is 0 Å². The second-order valence-corrected chi connectivity index (χ2v) is 6.62. The highest BCUT2D eigenvalue weighted by atomic mass is 19.4. The molecular weight excluding hydrogens is 335 g/mol. The molecule has 1 saturated carbocycles. The summed E-state index contributed by atoms with van der Waals surface area (Å²) in [6.07, 6.45) is -0.248. The number of rotatable bonds is 5. The van der Waals surface area contributed by atoms with Crippen molar-refractivity contribution in [1.29, 1.82) is 0 Å². The monoisotopic (exact) mass is 357 g/mol. The largest absolute Gasteiger partial charge is 0.573 e. The average Bonchev–Trinajstić information content (AvgIpc) is 3.38.